The van der Waals surface area contributed by atoms with Gasteiger partial charge in [-0.05, 0) is 81.6 Å². The molecule has 12 atom stereocenters. The van der Waals surface area contributed by atoms with Crippen LogP contribution in [-0.4, -0.2) is 146 Å². The fraction of sp³-hybridized carbons (Fsp3) is 0.477. The third-order valence-electron chi connectivity index (χ3n) is 16.7. The third-order valence-corrected chi connectivity index (χ3v) is 21.8. The van der Waals surface area contributed by atoms with E-state index in [1.165, 1.54) is 40.8 Å². The number of aromatic amines is 2. The number of H-pyrrole nitrogens is 2. The van der Waals surface area contributed by atoms with Crippen molar-refractivity contribution in [1.82, 2.24) is 43.3 Å². The summed E-state index contributed by atoms with van der Waals surface area (Å²) < 4.78 is 125. The molecule has 3 saturated heterocycles. The van der Waals surface area contributed by atoms with Gasteiger partial charge in [-0.1, -0.05) is 54.6 Å². The van der Waals surface area contributed by atoms with Crippen LogP contribution >= 0.6 is 24.2 Å². The number of imidazole rings is 1. The largest absolute Gasteiger partial charge is 0.497 e. The summed E-state index contributed by atoms with van der Waals surface area (Å²) in [6, 6.07) is 30.9. The molecule has 0 bridgehead atoms. The van der Waals surface area contributed by atoms with E-state index in [-0.39, 0.29) is 92.3 Å². The van der Waals surface area contributed by atoms with E-state index in [9.17, 15) is 35.0 Å². The number of hydrogen-bond acceptors (Lipinski definition) is 29. The van der Waals surface area contributed by atoms with Crippen molar-refractivity contribution in [3.8, 4) is 29.7 Å². The number of phosphoric ester groups is 2. The van der Waals surface area contributed by atoms with E-state index in [4.69, 9.17) is 76.1 Å². The highest BCUT2D eigenvalue weighted by Crippen LogP contribution is 2.58. The van der Waals surface area contributed by atoms with Crippen LogP contribution in [0.15, 0.2) is 123 Å². The second-order valence-electron chi connectivity index (χ2n) is 24.2. The van der Waals surface area contributed by atoms with Gasteiger partial charge in [0.15, 0.2) is 11.2 Å². The molecule has 0 amide bonds. The summed E-state index contributed by atoms with van der Waals surface area (Å²) in [5.41, 5.74) is 9.53. The lowest BCUT2D eigenvalue weighted by Gasteiger charge is -2.37. The minimum atomic E-state index is -5.07. The molecule has 0 saturated carbocycles. The van der Waals surface area contributed by atoms with Crippen LogP contribution in [-0.2, 0) is 69.9 Å². The summed E-state index contributed by atoms with van der Waals surface area (Å²) in [7, 11) is -9.00. The highest BCUT2D eigenvalue weighted by atomic mass is 31.2. The van der Waals surface area contributed by atoms with E-state index in [2.05, 4.69) is 31.0 Å². The fourth-order valence-corrected chi connectivity index (χ4v) is 16.5. The Hall–Kier alpha value is -8.39. The number of benzene rings is 3. The Bertz CT molecular complexity index is 4430. The zero-order chi connectivity index (χ0) is 72.9. The first-order chi connectivity index (χ1) is 49.0. The topological polar surface area (TPSA) is 443 Å². The van der Waals surface area contributed by atoms with Gasteiger partial charge in [-0.25, -0.2) is 28.4 Å². The SMILES string of the molecule is COc1ccc(C(OC[C@H]2O[C@@H](n3ccc(N)nc3=O)C[C@@H]2OP(=O)(OCCC#N)OC[C@H]2O[C@@H](n3cc(C)c(=O)[nH]c3=O)C[C@@H]2OP(=O)(OCCC#N)OC[C@H]2O[C@@H](n3cnc4c(=O)[nH]c(N)nc43)C[C@@H]2OP(OCCC#N)N(C(C)C)C(C)C)(c2ccccc2)c2ccc(OC)cc2)cc1. The molecule has 0 radical (unpaired) electrons. The minimum absolute atomic E-state index is 0.00159. The van der Waals surface area contributed by atoms with Gasteiger partial charge in [0.2, 0.25) is 5.95 Å². The first-order valence-electron chi connectivity index (χ1n) is 32.5. The number of hydrogen-bond donors (Lipinski definition) is 4. The van der Waals surface area contributed by atoms with Crippen LogP contribution in [0.3, 0.4) is 0 Å². The van der Waals surface area contributed by atoms with Crippen molar-refractivity contribution in [2.24, 2.45) is 0 Å². The first-order valence-corrected chi connectivity index (χ1v) is 36.5. The molecule has 4 aromatic heterocycles. The van der Waals surface area contributed by atoms with E-state index >= 15 is 9.13 Å². The molecule has 3 fully saturated rings. The molecule has 3 unspecified atom stereocenters. The quantitative estimate of drug-likeness (QED) is 0.0167. The van der Waals surface area contributed by atoms with E-state index in [0.717, 1.165) is 4.57 Å². The van der Waals surface area contributed by atoms with Crippen molar-refractivity contribution in [2.75, 3.05) is 65.3 Å². The van der Waals surface area contributed by atoms with Crippen LogP contribution < -0.4 is 43.4 Å². The molecule has 0 aliphatic carbocycles. The van der Waals surface area contributed by atoms with E-state index in [0.29, 0.717) is 28.2 Å². The summed E-state index contributed by atoms with van der Waals surface area (Å²) >= 11 is 0. The Morgan fingerprint density at radius 1 is 0.647 bits per heavy atom. The molecule has 3 aliphatic rings. The number of methoxy groups -OCH3 is 2. The van der Waals surface area contributed by atoms with Crippen molar-refractivity contribution in [3.63, 3.8) is 0 Å². The summed E-state index contributed by atoms with van der Waals surface area (Å²) in [6.07, 6.45) is -8.57. The van der Waals surface area contributed by atoms with Crippen LogP contribution in [0.1, 0.15) is 107 Å². The number of ether oxygens (including phenoxy) is 6. The first kappa shape index (κ1) is 76.3. The Morgan fingerprint density at radius 3 is 1.70 bits per heavy atom. The fourth-order valence-electron chi connectivity index (χ4n) is 12.0. The number of nitrogens with one attached hydrogen (secondary N) is 2. The van der Waals surface area contributed by atoms with Crippen LogP contribution in [0.5, 0.6) is 11.5 Å². The Labute approximate surface area is 586 Å². The molecular weight excluding hydrogens is 1390 g/mol. The Morgan fingerprint density at radius 2 is 1.16 bits per heavy atom. The van der Waals surface area contributed by atoms with Gasteiger partial charge in [-0.2, -0.15) is 25.8 Å². The Kier molecular flexibility index (Phi) is 25.6. The zero-order valence-electron chi connectivity index (χ0n) is 56.8. The van der Waals surface area contributed by atoms with Gasteiger partial charge in [0, 0.05) is 49.3 Å². The molecule has 7 aromatic rings. The number of nitrogens with zero attached hydrogens (tertiary/aromatic N) is 10. The summed E-state index contributed by atoms with van der Waals surface area (Å²) in [5, 5.41) is 29.0. The molecule has 3 aliphatic heterocycles. The van der Waals surface area contributed by atoms with E-state index in [1.54, 1.807) is 38.5 Å². The lowest BCUT2D eigenvalue weighted by atomic mass is 9.80. The molecule has 102 heavy (non-hydrogen) atoms. The van der Waals surface area contributed by atoms with Gasteiger partial charge >= 0.3 is 27.0 Å². The normalized spacial score (nSPS) is 22.1. The number of phosphoric acid groups is 2. The second kappa shape index (κ2) is 34.3. The molecule has 3 aromatic carbocycles. The van der Waals surface area contributed by atoms with Gasteiger partial charge in [-0.15, -0.1) is 0 Å². The maximum atomic E-state index is 15.7. The number of rotatable bonds is 35. The molecule has 7 heterocycles. The zero-order valence-corrected chi connectivity index (χ0v) is 59.5. The lowest BCUT2D eigenvalue weighted by molar-refractivity contribution is -0.0961. The predicted octanol–water partition coefficient (Wildman–Crippen LogP) is 7.83. The third kappa shape index (κ3) is 18.0. The lowest BCUT2D eigenvalue weighted by Crippen LogP contribution is -2.38. The van der Waals surface area contributed by atoms with Crippen molar-refractivity contribution in [2.45, 2.75) is 146 Å². The molecule has 0 spiro atoms. The van der Waals surface area contributed by atoms with Gasteiger partial charge in [0.05, 0.1) is 104 Å². The average molecular weight is 1470 g/mol. The van der Waals surface area contributed by atoms with Crippen LogP contribution in [0.4, 0.5) is 11.8 Å². The maximum Gasteiger partial charge on any atom is 0.475 e. The molecule has 10 rings (SSSR count). The Balaban J connectivity index is 0.982. The van der Waals surface area contributed by atoms with Gasteiger partial charge in [0.1, 0.15) is 72.1 Å². The maximum absolute atomic E-state index is 15.7. The van der Waals surface area contributed by atoms with Crippen molar-refractivity contribution in [3.05, 3.63) is 168 Å². The van der Waals surface area contributed by atoms with Crippen molar-refractivity contribution >= 4 is 47.1 Å². The summed E-state index contributed by atoms with van der Waals surface area (Å²) in [4.78, 5) is 70.1. The monoisotopic (exact) mass is 1470 g/mol. The minimum Gasteiger partial charge on any atom is -0.497 e. The number of aromatic nitrogens is 8. The van der Waals surface area contributed by atoms with E-state index in [1.807, 2.05) is 99.1 Å². The van der Waals surface area contributed by atoms with Gasteiger partial charge in [-0.3, -0.25) is 60.4 Å². The molecule has 544 valence electrons. The van der Waals surface area contributed by atoms with Crippen LogP contribution in [0, 0.1) is 40.9 Å². The van der Waals surface area contributed by atoms with Crippen molar-refractivity contribution in [1.29, 1.82) is 15.8 Å². The van der Waals surface area contributed by atoms with Crippen LogP contribution in [0.25, 0.3) is 11.2 Å². The summed E-state index contributed by atoms with van der Waals surface area (Å²) in [5.74, 6) is 0.850. The van der Waals surface area contributed by atoms with Gasteiger partial charge < -0.3 is 48.9 Å². The molecule has 34 nitrogen and oxygen atoms in total. The highest BCUT2D eigenvalue weighted by molar-refractivity contribution is 7.48. The number of aryl methyl sites for hydroxylation is 1. The van der Waals surface area contributed by atoms with Gasteiger partial charge in [0.25, 0.3) is 19.6 Å². The van der Waals surface area contributed by atoms with Crippen molar-refractivity contribution < 1.29 is 73.7 Å². The van der Waals surface area contributed by atoms with Crippen LogP contribution in [0.2, 0.25) is 0 Å². The second-order valence-corrected chi connectivity index (χ2v) is 28.8. The number of nitrogen functional groups attached to an aromatic ring is 2. The average Bonchev–Trinajstić information content (AvgIpc) is 1.12. The molecule has 37 heteroatoms. The number of anilines is 2. The molecular formula is C65H79N14O20P3. The number of nitrogens with two attached hydrogens (primary N) is 2. The standard InChI is InChI=1S/C65H79N14O20P3/c1-40(2)79(41(3)4)100(89-29-11-25-66)97-48-32-57(78-39-71-58-59(78)73-62(70)74-61(58)81)95-52(48)37-92-101(84,90-30-12-26-67)99-50-34-56(77-35-42(5)60(80)75-64(77)83)96-53(50)38-93-102(85,91-31-13-27-68)98-49-33-55(76-28-24-54(69)72-63(76)82)94-51(49)36-88-65(43-14-9-8-10-15-43,44-16-20-46(86-6)21-17-44)45-18-22-47(87-7)23-19-45/h8-10,14-24,28,35,39-41,48-53,55-57H,11-13,29-34,36-38H2,1-7H3,(H2,69,72,82)(H,75,80,83)(H3,70,73,74,81)/t48-,49-,50-,51+,52+,53+,55+,56+,57+,100?,101?,102?/m0/s1. The predicted molar refractivity (Wildman–Crippen MR) is 365 cm³/mol. The van der Waals surface area contributed by atoms with E-state index < -0.39 is 134 Å². The highest BCUT2D eigenvalue weighted by Gasteiger charge is 2.50. The molecule has 6 N–H and O–H groups in total. The summed E-state index contributed by atoms with van der Waals surface area (Å²) in [6.45, 7) is 6.37. The number of nitriles is 3. The number of fused-ring (bicyclic) bond motifs is 1. The smallest absolute Gasteiger partial charge is 0.475 e.